The lowest BCUT2D eigenvalue weighted by atomic mass is 10.0. The van der Waals surface area contributed by atoms with Gasteiger partial charge in [0.1, 0.15) is 5.82 Å². The van der Waals surface area contributed by atoms with Crippen molar-refractivity contribution < 1.29 is 9.13 Å². The molecule has 168 valence electrons. The van der Waals surface area contributed by atoms with Crippen LogP contribution in [0.2, 0.25) is 0 Å². The van der Waals surface area contributed by atoms with Crippen LogP contribution < -0.4 is 20.7 Å². The van der Waals surface area contributed by atoms with E-state index in [1.807, 2.05) is 25.1 Å². The van der Waals surface area contributed by atoms with Crippen LogP contribution in [0.5, 0.6) is 11.8 Å². The van der Waals surface area contributed by atoms with Gasteiger partial charge < -0.3 is 20.7 Å². The predicted octanol–water partition coefficient (Wildman–Crippen LogP) is 2.80. The van der Waals surface area contributed by atoms with Crippen LogP contribution in [0.25, 0.3) is 11.1 Å². The maximum atomic E-state index is 14.9. The summed E-state index contributed by atoms with van der Waals surface area (Å²) in [6.07, 6.45) is 6.74. The number of aryl methyl sites for hydroxylation is 2. The summed E-state index contributed by atoms with van der Waals surface area (Å²) in [5, 5.41) is 7.27. The summed E-state index contributed by atoms with van der Waals surface area (Å²) in [5.74, 6) is 0.585. The SMILES string of the molecule is Cc1ccnc(Oc2ccc(-c3cnc(Nc4cnn(C)c4)nc3N3CC(N)C3)cc2F)n1. The van der Waals surface area contributed by atoms with Gasteiger partial charge in [-0.2, -0.15) is 10.1 Å². The Balaban J connectivity index is 1.45. The van der Waals surface area contributed by atoms with E-state index in [4.69, 9.17) is 10.5 Å². The molecule has 5 rings (SSSR count). The molecule has 1 fully saturated rings. The van der Waals surface area contributed by atoms with E-state index in [9.17, 15) is 4.39 Å². The summed E-state index contributed by atoms with van der Waals surface area (Å²) in [6.45, 7) is 3.12. The minimum absolute atomic E-state index is 0.0349. The third kappa shape index (κ3) is 4.44. The van der Waals surface area contributed by atoms with Crippen molar-refractivity contribution in [3.05, 3.63) is 60.6 Å². The zero-order valence-corrected chi connectivity index (χ0v) is 18.1. The minimum Gasteiger partial charge on any atom is -0.421 e. The molecule has 0 saturated carbocycles. The second-order valence-corrected chi connectivity index (χ2v) is 7.85. The second kappa shape index (κ2) is 8.43. The number of hydrogen-bond acceptors (Lipinski definition) is 9. The predicted molar refractivity (Wildman–Crippen MR) is 121 cm³/mol. The Morgan fingerprint density at radius 3 is 2.70 bits per heavy atom. The average molecular weight is 447 g/mol. The van der Waals surface area contributed by atoms with Gasteiger partial charge in [-0.15, -0.1) is 0 Å². The van der Waals surface area contributed by atoms with Crippen molar-refractivity contribution in [3.63, 3.8) is 0 Å². The number of rotatable bonds is 6. The van der Waals surface area contributed by atoms with Crippen LogP contribution in [0.4, 0.5) is 21.8 Å². The van der Waals surface area contributed by atoms with Gasteiger partial charge in [0, 0.05) is 56.0 Å². The van der Waals surface area contributed by atoms with Crippen molar-refractivity contribution in [2.24, 2.45) is 12.8 Å². The molecule has 3 N–H and O–H groups in total. The van der Waals surface area contributed by atoms with Crippen LogP contribution in [0, 0.1) is 12.7 Å². The van der Waals surface area contributed by atoms with Crippen LogP contribution in [-0.2, 0) is 7.05 Å². The first-order valence-corrected chi connectivity index (χ1v) is 10.4. The Labute approximate surface area is 189 Å². The largest absolute Gasteiger partial charge is 0.421 e. The third-order valence-corrected chi connectivity index (χ3v) is 5.16. The molecule has 0 unspecified atom stereocenters. The molecule has 4 aromatic rings. The summed E-state index contributed by atoms with van der Waals surface area (Å²) in [6, 6.07) is 6.59. The van der Waals surface area contributed by atoms with Crippen molar-refractivity contribution in [3.8, 4) is 22.9 Å². The molecular formula is C22H22FN9O. The van der Waals surface area contributed by atoms with Gasteiger partial charge in [-0.25, -0.2) is 19.3 Å². The molecule has 1 aliphatic heterocycles. The van der Waals surface area contributed by atoms with Gasteiger partial charge in [-0.1, -0.05) is 6.07 Å². The van der Waals surface area contributed by atoms with E-state index >= 15 is 0 Å². The molecule has 0 radical (unpaired) electrons. The van der Waals surface area contributed by atoms with Crippen molar-refractivity contribution in [1.29, 1.82) is 0 Å². The number of ether oxygens (including phenoxy) is 1. The highest BCUT2D eigenvalue weighted by atomic mass is 19.1. The normalized spacial score (nSPS) is 13.6. The van der Waals surface area contributed by atoms with Crippen molar-refractivity contribution in [2.45, 2.75) is 13.0 Å². The van der Waals surface area contributed by atoms with Gasteiger partial charge in [0.15, 0.2) is 11.6 Å². The lowest BCUT2D eigenvalue weighted by molar-refractivity contribution is 0.410. The highest BCUT2D eigenvalue weighted by Crippen LogP contribution is 2.35. The topological polar surface area (TPSA) is 120 Å². The van der Waals surface area contributed by atoms with Gasteiger partial charge in [0.2, 0.25) is 5.95 Å². The fourth-order valence-corrected chi connectivity index (χ4v) is 3.50. The summed E-state index contributed by atoms with van der Waals surface area (Å²) in [7, 11) is 1.83. The lowest BCUT2D eigenvalue weighted by Crippen LogP contribution is -2.56. The van der Waals surface area contributed by atoms with Crippen molar-refractivity contribution in [2.75, 3.05) is 23.3 Å². The van der Waals surface area contributed by atoms with E-state index in [1.165, 1.54) is 6.07 Å². The van der Waals surface area contributed by atoms with Crippen molar-refractivity contribution >= 4 is 17.5 Å². The zero-order chi connectivity index (χ0) is 22.9. The number of nitrogens with two attached hydrogens (primary N) is 1. The van der Waals surface area contributed by atoms with Gasteiger partial charge in [-0.05, 0) is 30.7 Å². The Bertz CT molecular complexity index is 1300. The van der Waals surface area contributed by atoms with E-state index in [0.29, 0.717) is 36.0 Å². The van der Waals surface area contributed by atoms with Crippen LogP contribution in [-0.4, -0.2) is 48.8 Å². The first kappa shape index (κ1) is 20.8. The number of hydrogen-bond donors (Lipinski definition) is 2. The number of aromatic nitrogens is 6. The molecule has 0 bridgehead atoms. The van der Waals surface area contributed by atoms with E-state index in [1.54, 1.807) is 41.5 Å². The Morgan fingerprint density at radius 1 is 1.15 bits per heavy atom. The molecule has 10 nitrogen and oxygen atoms in total. The Hall–Kier alpha value is -4.12. The Kier molecular flexibility index (Phi) is 5.31. The maximum Gasteiger partial charge on any atom is 0.322 e. The van der Waals surface area contributed by atoms with Crippen LogP contribution in [0.3, 0.4) is 0 Å². The first-order valence-electron chi connectivity index (χ1n) is 10.4. The number of halogens is 1. The summed E-state index contributed by atoms with van der Waals surface area (Å²) >= 11 is 0. The Morgan fingerprint density at radius 2 is 2.00 bits per heavy atom. The molecule has 1 saturated heterocycles. The van der Waals surface area contributed by atoms with Crippen LogP contribution in [0.1, 0.15) is 5.69 Å². The first-order chi connectivity index (χ1) is 15.9. The third-order valence-electron chi connectivity index (χ3n) is 5.16. The molecule has 33 heavy (non-hydrogen) atoms. The number of nitrogens with zero attached hydrogens (tertiary/aromatic N) is 7. The maximum absolute atomic E-state index is 14.9. The molecule has 1 aromatic carbocycles. The van der Waals surface area contributed by atoms with Gasteiger partial charge in [0.25, 0.3) is 0 Å². The molecule has 1 aliphatic rings. The van der Waals surface area contributed by atoms with Crippen LogP contribution >= 0.6 is 0 Å². The molecule has 0 atom stereocenters. The molecule has 0 amide bonds. The van der Waals surface area contributed by atoms with Crippen LogP contribution in [0.15, 0.2) is 49.1 Å². The van der Waals surface area contributed by atoms with Crippen molar-refractivity contribution in [1.82, 2.24) is 29.7 Å². The van der Waals surface area contributed by atoms with E-state index < -0.39 is 5.82 Å². The second-order valence-electron chi connectivity index (χ2n) is 7.85. The summed E-state index contributed by atoms with van der Waals surface area (Å²) in [5.41, 5.74) is 8.79. The standard InChI is InChI=1S/C22H22FN9O/c1-13-5-6-25-22(28-13)33-19-4-3-14(7-18(19)23)17-9-26-21(29-16-8-27-31(2)12-16)30-20(17)32-10-15(24)11-32/h3-9,12,15H,10-11,24H2,1-2H3,(H,26,29,30). The van der Waals surface area contributed by atoms with E-state index in [0.717, 1.165) is 11.4 Å². The number of anilines is 3. The highest BCUT2D eigenvalue weighted by molar-refractivity contribution is 5.77. The number of nitrogens with one attached hydrogen (secondary N) is 1. The quantitative estimate of drug-likeness (QED) is 0.460. The number of benzene rings is 1. The molecular weight excluding hydrogens is 425 g/mol. The summed E-state index contributed by atoms with van der Waals surface area (Å²) in [4.78, 5) is 19.3. The monoisotopic (exact) mass is 447 g/mol. The van der Waals surface area contributed by atoms with Gasteiger partial charge in [-0.3, -0.25) is 4.68 Å². The fraction of sp³-hybridized carbons (Fsp3) is 0.227. The lowest BCUT2D eigenvalue weighted by Gasteiger charge is -2.38. The highest BCUT2D eigenvalue weighted by Gasteiger charge is 2.28. The molecule has 0 spiro atoms. The van der Waals surface area contributed by atoms with Gasteiger partial charge >= 0.3 is 6.01 Å². The summed E-state index contributed by atoms with van der Waals surface area (Å²) < 4.78 is 22.1. The minimum atomic E-state index is -0.540. The fourth-order valence-electron chi connectivity index (χ4n) is 3.50. The molecule has 3 aromatic heterocycles. The molecule has 11 heteroatoms. The molecule has 4 heterocycles. The zero-order valence-electron chi connectivity index (χ0n) is 18.1. The smallest absolute Gasteiger partial charge is 0.322 e. The average Bonchev–Trinajstić information content (AvgIpc) is 3.17. The van der Waals surface area contributed by atoms with Gasteiger partial charge in [0.05, 0.1) is 11.9 Å². The molecule has 0 aliphatic carbocycles. The van der Waals surface area contributed by atoms with E-state index in [-0.39, 0.29) is 17.8 Å². The van der Waals surface area contributed by atoms with E-state index in [2.05, 4.69) is 30.4 Å².